The molecule has 2 aromatic rings. The minimum Gasteiger partial charge on any atom is -0.385 e. The first-order valence-electron chi connectivity index (χ1n) is 9.52. The van der Waals surface area contributed by atoms with E-state index in [1.165, 1.54) is 11.3 Å². The van der Waals surface area contributed by atoms with Gasteiger partial charge in [0.25, 0.3) is 0 Å². The van der Waals surface area contributed by atoms with Gasteiger partial charge in [-0.05, 0) is 32.3 Å². The topological polar surface area (TPSA) is 71.5 Å². The third-order valence-electron chi connectivity index (χ3n) is 4.61. The molecule has 0 saturated carbocycles. The second-order valence-corrected chi connectivity index (χ2v) is 7.89. The predicted molar refractivity (Wildman–Crippen MR) is 113 cm³/mol. The molecule has 0 fully saturated rings. The van der Waals surface area contributed by atoms with Crippen molar-refractivity contribution in [2.24, 2.45) is 0 Å². The maximum absolute atomic E-state index is 13.2. The lowest BCUT2D eigenvalue weighted by Gasteiger charge is -2.26. The van der Waals surface area contributed by atoms with Crippen LogP contribution in [0.25, 0.3) is 0 Å². The van der Waals surface area contributed by atoms with E-state index >= 15 is 0 Å². The van der Waals surface area contributed by atoms with Crippen molar-refractivity contribution in [2.45, 2.75) is 39.5 Å². The van der Waals surface area contributed by atoms with Gasteiger partial charge in [0.2, 0.25) is 11.8 Å². The summed E-state index contributed by atoms with van der Waals surface area (Å²) < 4.78 is 5.11. The van der Waals surface area contributed by atoms with Crippen molar-refractivity contribution in [3.8, 4) is 0 Å². The Kier molecular flexibility index (Phi) is 8.60. The number of ether oxygens (including phenoxy) is 1. The van der Waals surface area contributed by atoms with E-state index in [1.54, 1.807) is 12.0 Å². The fourth-order valence-electron chi connectivity index (χ4n) is 2.98. The molecular weight excluding hydrogens is 374 g/mol. The molecule has 0 saturated heterocycles. The smallest absolute Gasteiger partial charge is 0.245 e. The Morgan fingerprint density at radius 1 is 1.25 bits per heavy atom. The molecule has 1 aromatic carbocycles. The summed E-state index contributed by atoms with van der Waals surface area (Å²) in [6.07, 6.45) is 1.35. The van der Waals surface area contributed by atoms with Gasteiger partial charge in [-0.2, -0.15) is 0 Å². The number of hydrogen-bond donors (Lipinski definition) is 1. The molecule has 152 valence electrons. The summed E-state index contributed by atoms with van der Waals surface area (Å²) in [5, 5.41) is 3.39. The van der Waals surface area contributed by atoms with Crippen molar-refractivity contribution in [1.29, 1.82) is 0 Å². The zero-order valence-corrected chi connectivity index (χ0v) is 17.8. The van der Waals surface area contributed by atoms with Crippen LogP contribution in [-0.4, -0.2) is 48.5 Å². The predicted octanol–water partition coefficient (Wildman–Crippen LogP) is 3.76. The summed E-state index contributed by atoms with van der Waals surface area (Å²) in [4.78, 5) is 32.8. The molecule has 6 nitrogen and oxygen atoms in total. The number of carbonyl (C=O) groups excluding carboxylic acids is 2. The highest BCUT2D eigenvalue weighted by Crippen LogP contribution is 2.23. The number of benzene rings is 1. The van der Waals surface area contributed by atoms with E-state index in [4.69, 9.17) is 4.74 Å². The van der Waals surface area contributed by atoms with E-state index < -0.39 is 0 Å². The molecule has 0 unspecified atom stereocenters. The largest absolute Gasteiger partial charge is 0.385 e. The molecule has 1 aromatic heterocycles. The lowest BCUT2D eigenvalue weighted by atomic mass is 9.95. The molecule has 1 heterocycles. The Labute approximate surface area is 170 Å². The first kappa shape index (κ1) is 22.0. The van der Waals surface area contributed by atoms with Crippen molar-refractivity contribution in [3.63, 3.8) is 0 Å². The van der Waals surface area contributed by atoms with Crippen LogP contribution in [0.4, 0.5) is 5.13 Å². The monoisotopic (exact) mass is 403 g/mol. The molecular formula is C21H29N3O3S. The summed E-state index contributed by atoms with van der Waals surface area (Å²) in [7, 11) is 1.63. The average Bonchev–Trinajstić information content (AvgIpc) is 2.99. The number of amides is 2. The van der Waals surface area contributed by atoms with Crippen LogP contribution in [-0.2, 0) is 14.3 Å². The number of thiazole rings is 1. The number of methoxy groups -OCH3 is 1. The maximum atomic E-state index is 13.2. The molecule has 7 heteroatoms. The van der Waals surface area contributed by atoms with Gasteiger partial charge in [0.1, 0.15) is 0 Å². The number of aromatic nitrogens is 1. The van der Waals surface area contributed by atoms with E-state index in [9.17, 15) is 9.59 Å². The lowest BCUT2D eigenvalue weighted by molar-refractivity contribution is -0.136. The fourth-order valence-corrected chi connectivity index (χ4v) is 3.81. The third-order valence-corrected chi connectivity index (χ3v) is 5.59. The zero-order valence-electron chi connectivity index (χ0n) is 17.0. The Morgan fingerprint density at radius 2 is 1.96 bits per heavy atom. The molecule has 1 atom stereocenters. The van der Waals surface area contributed by atoms with Gasteiger partial charge in [-0.1, -0.05) is 37.3 Å². The highest BCUT2D eigenvalue weighted by molar-refractivity contribution is 7.15. The van der Waals surface area contributed by atoms with Crippen LogP contribution in [0, 0.1) is 13.8 Å². The number of nitrogens with zero attached hydrogens (tertiary/aromatic N) is 2. The number of rotatable bonds is 10. The number of aryl methyl sites for hydroxylation is 2. The van der Waals surface area contributed by atoms with Gasteiger partial charge in [0.15, 0.2) is 5.13 Å². The van der Waals surface area contributed by atoms with Crippen molar-refractivity contribution in [2.75, 3.05) is 32.1 Å². The molecule has 1 N–H and O–H groups in total. The molecule has 2 amide bonds. The number of hydrogen-bond acceptors (Lipinski definition) is 5. The van der Waals surface area contributed by atoms with E-state index in [1.807, 2.05) is 51.1 Å². The van der Waals surface area contributed by atoms with E-state index in [0.717, 1.165) is 16.1 Å². The van der Waals surface area contributed by atoms with Gasteiger partial charge in [-0.15, -0.1) is 11.3 Å². The molecule has 0 bridgehead atoms. The molecule has 0 spiro atoms. The van der Waals surface area contributed by atoms with Crippen molar-refractivity contribution in [1.82, 2.24) is 9.88 Å². The Balaban J connectivity index is 2.10. The van der Waals surface area contributed by atoms with Crippen molar-refractivity contribution >= 4 is 28.3 Å². The van der Waals surface area contributed by atoms with Gasteiger partial charge in [-0.25, -0.2) is 4.98 Å². The summed E-state index contributed by atoms with van der Waals surface area (Å²) in [5.74, 6) is -0.533. The zero-order chi connectivity index (χ0) is 20.5. The van der Waals surface area contributed by atoms with Gasteiger partial charge >= 0.3 is 0 Å². The summed E-state index contributed by atoms with van der Waals surface area (Å²) in [5.41, 5.74) is 1.88. The van der Waals surface area contributed by atoms with Crippen LogP contribution < -0.4 is 5.32 Å². The lowest BCUT2D eigenvalue weighted by Crippen LogP contribution is -2.41. The van der Waals surface area contributed by atoms with Gasteiger partial charge in [0, 0.05) is 25.1 Å². The average molecular weight is 404 g/mol. The SMILES string of the molecule is CC[C@H](C(=O)N(CCCOC)CC(=O)Nc1nc(C)c(C)s1)c1ccccc1. The van der Waals surface area contributed by atoms with Gasteiger partial charge in [0.05, 0.1) is 18.2 Å². The number of nitrogens with one attached hydrogen (secondary N) is 1. The van der Waals surface area contributed by atoms with Gasteiger partial charge < -0.3 is 15.0 Å². The molecule has 0 aliphatic carbocycles. The first-order valence-corrected chi connectivity index (χ1v) is 10.3. The minimum absolute atomic E-state index is 0.00353. The number of carbonyl (C=O) groups is 2. The standard InChI is InChI=1S/C21H29N3O3S/c1-5-18(17-10-7-6-8-11-17)20(26)24(12-9-13-27-4)14-19(25)23-21-22-15(2)16(3)28-21/h6-8,10-11,18H,5,9,12-14H2,1-4H3,(H,22,23,25)/t18-/m0/s1. The fraction of sp³-hybridized carbons (Fsp3) is 0.476. The summed E-state index contributed by atoms with van der Waals surface area (Å²) >= 11 is 1.44. The molecule has 2 rings (SSSR count). The van der Waals surface area contributed by atoms with Crippen LogP contribution in [0.2, 0.25) is 0 Å². The quantitative estimate of drug-likeness (QED) is 0.613. The van der Waals surface area contributed by atoms with E-state index in [-0.39, 0.29) is 24.3 Å². The summed E-state index contributed by atoms with van der Waals surface area (Å²) in [6.45, 7) is 6.88. The number of anilines is 1. The highest BCUT2D eigenvalue weighted by atomic mass is 32.1. The summed E-state index contributed by atoms with van der Waals surface area (Å²) in [6, 6.07) is 9.71. The van der Waals surface area contributed by atoms with Crippen LogP contribution in [0.1, 0.15) is 41.8 Å². The first-order chi connectivity index (χ1) is 13.5. The molecule has 0 aliphatic rings. The van der Waals surface area contributed by atoms with Crippen LogP contribution in [0.3, 0.4) is 0 Å². The highest BCUT2D eigenvalue weighted by Gasteiger charge is 2.26. The van der Waals surface area contributed by atoms with Crippen LogP contribution >= 0.6 is 11.3 Å². The normalized spacial score (nSPS) is 11.9. The van der Waals surface area contributed by atoms with Crippen LogP contribution in [0.5, 0.6) is 0 Å². The van der Waals surface area contributed by atoms with E-state index in [0.29, 0.717) is 31.1 Å². The Bertz CT molecular complexity index is 757. The van der Waals surface area contributed by atoms with Crippen molar-refractivity contribution < 1.29 is 14.3 Å². The third kappa shape index (κ3) is 6.14. The molecule has 28 heavy (non-hydrogen) atoms. The molecule has 0 aliphatic heterocycles. The minimum atomic E-state index is -0.263. The maximum Gasteiger partial charge on any atom is 0.245 e. The Hall–Kier alpha value is -2.25. The van der Waals surface area contributed by atoms with Crippen molar-refractivity contribution in [3.05, 3.63) is 46.5 Å². The second kappa shape index (κ2) is 10.9. The van der Waals surface area contributed by atoms with E-state index in [2.05, 4.69) is 10.3 Å². The second-order valence-electron chi connectivity index (χ2n) is 6.69. The molecule has 0 radical (unpaired) electrons. The Morgan fingerprint density at radius 3 is 2.54 bits per heavy atom. The van der Waals surface area contributed by atoms with Gasteiger partial charge in [-0.3, -0.25) is 9.59 Å². The van der Waals surface area contributed by atoms with Crippen LogP contribution in [0.15, 0.2) is 30.3 Å².